The van der Waals surface area contributed by atoms with Crippen LogP contribution in [0.25, 0.3) is 0 Å². The van der Waals surface area contributed by atoms with Crippen LogP contribution in [-0.2, 0) is 0 Å². The average molecular weight is 315 g/mol. The molecule has 0 aliphatic rings. The Morgan fingerprint density at radius 3 is 2.52 bits per heavy atom. The van der Waals surface area contributed by atoms with Gasteiger partial charge in [0.15, 0.2) is 0 Å². The first-order valence-corrected chi connectivity index (χ1v) is 7.72. The maximum absolute atomic E-state index is 5.16. The van der Waals surface area contributed by atoms with Gasteiger partial charge in [0.2, 0.25) is 5.95 Å². The van der Waals surface area contributed by atoms with E-state index in [1.165, 1.54) is 0 Å². The van der Waals surface area contributed by atoms with Crippen molar-refractivity contribution in [2.24, 2.45) is 0 Å². The van der Waals surface area contributed by atoms with E-state index in [2.05, 4.69) is 39.6 Å². The lowest BCUT2D eigenvalue weighted by Gasteiger charge is -2.12. The van der Waals surface area contributed by atoms with Crippen LogP contribution in [0.4, 0.5) is 17.5 Å². The second kappa shape index (κ2) is 8.33. The number of aromatic nitrogens is 2. The van der Waals surface area contributed by atoms with Gasteiger partial charge in [-0.3, -0.25) is 0 Å². The van der Waals surface area contributed by atoms with Crippen LogP contribution in [0, 0.1) is 6.92 Å². The Hall–Kier alpha value is -2.34. The molecule has 0 bridgehead atoms. The van der Waals surface area contributed by atoms with E-state index >= 15 is 0 Å². The number of benzene rings is 1. The maximum atomic E-state index is 5.16. The number of rotatable bonds is 8. The van der Waals surface area contributed by atoms with E-state index in [1.807, 2.05) is 37.3 Å². The maximum Gasteiger partial charge on any atom is 0.229 e. The van der Waals surface area contributed by atoms with Crippen molar-refractivity contribution in [3.8, 4) is 5.75 Å². The van der Waals surface area contributed by atoms with Gasteiger partial charge in [-0.15, -0.1) is 0 Å². The molecule has 0 aliphatic heterocycles. The molecule has 0 saturated heterocycles. The summed E-state index contributed by atoms with van der Waals surface area (Å²) in [6.07, 6.45) is 1.07. The fourth-order valence-corrected chi connectivity index (χ4v) is 2.13. The van der Waals surface area contributed by atoms with Crippen molar-refractivity contribution in [2.45, 2.75) is 13.3 Å². The zero-order valence-corrected chi connectivity index (χ0v) is 14.3. The molecule has 0 aliphatic carbocycles. The predicted molar refractivity (Wildman–Crippen MR) is 94.7 cm³/mol. The Morgan fingerprint density at radius 2 is 1.87 bits per heavy atom. The van der Waals surface area contributed by atoms with Crippen LogP contribution in [0.2, 0.25) is 0 Å². The summed E-state index contributed by atoms with van der Waals surface area (Å²) in [5.41, 5.74) is 1.85. The summed E-state index contributed by atoms with van der Waals surface area (Å²) in [7, 11) is 5.80. The molecule has 2 N–H and O–H groups in total. The van der Waals surface area contributed by atoms with Crippen molar-refractivity contribution < 1.29 is 4.74 Å². The van der Waals surface area contributed by atoms with Crippen LogP contribution >= 0.6 is 0 Å². The fraction of sp³-hybridized carbons (Fsp3) is 0.412. The van der Waals surface area contributed by atoms with Gasteiger partial charge in [-0.25, -0.2) is 4.98 Å². The summed E-state index contributed by atoms with van der Waals surface area (Å²) in [6.45, 7) is 3.90. The zero-order valence-electron chi connectivity index (χ0n) is 14.3. The number of hydrogen-bond donors (Lipinski definition) is 2. The molecule has 0 fully saturated rings. The number of hydrogen-bond acceptors (Lipinski definition) is 6. The Kier molecular flexibility index (Phi) is 6.17. The van der Waals surface area contributed by atoms with Crippen molar-refractivity contribution in [1.29, 1.82) is 0 Å². The molecule has 6 heteroatoms. The molecule has 2 aromatic rings. The number of nitrogens with zero attached hydrogens (tertiary/aromatic N) is 3. The molecule has 1 heterocycles. The standard InChI is InChI=1S/C17H25N5O/c1-13-12-16(18-10-5-11-22(2)3)21-17(19-13)20-14-6-8-15(23-4)9-7-14/h6-9,12H,5,10-11H2,1-4H3,(H2,18,19,20,21). The lowest BCUT2D eigenvalue weighted by molar-refractivity contribution is 0.405. The van der Waals surface area contributed by atoms with Crippen LogP contribution in [0.1, 0.15) is 12.1 Å². The van der Waals surface area contributed by atoms with E-state index in [-0.39, 0.29) is 0 Å². The largest absolute Gasteiger partial charge is 0.497 e. The van der Waals surface area contributed by atoms with E-state index in [9.17, 15) is 0 Å². The van der Waals surface area contributed by atoms with Gasteiger partial charge < -0.3 is 20.3 Å². The van der Waals surface area contributed by atoms with E-state index in [0.717, 1.165) is 42.5 Å². The predicted octanol–water partition coefficient (Wildman–Crippen LogP) is 2.90. The first-order valence-electron chi connectivity index (χ1n) is 7.72. The number of anilines is 3. The summed E-state index contributed by atoms with van der Waals surface area (Å²) in [5.74, 6) is 2.25. The lowest BCUT2D eigenvalue weighted by Crippen LogP contribution is -2.16. The summed E-state index contributed by atoms with van der Waals surface area (Å²) in [6, 6.07) is 9.63. The molecule has 6 nitrogen and oxygen atoms in total. The highest BCUT2D eigenvalue weighted by Crippen LogP contribution is 2.19. The highest BCUT2D eigenvalue weighted by molar-refractivity contribution is 5.56. The number of aryl methyl sites for hydroxylation is 1. The molecule has 0 spiro atoms. The zero-order chi connectivity index (χ0) is 16.7. The fourth-order valence-electron chi connectivity index (χ4n) is 2.13. The molecule has 1 aromatic heterocycles. The third-order valence-electron chi connectivity index (χ3n) is 3.29. The Bertz CT molecular complexity index is 613. The van der Waals surface area contributed by atoms with Crippen LogP contribution in [0.3, 0.4) is 0 Å². The molecule has 0 amide bonds. The van der Waals surface area contributed by atoms with Gasteiger partial charge in [0.05, 0.1) is 7.11 Å². The monoisotopic (exact) mass is 315 g/mol. The molecule has 1 aromatic carbocycles. The molecular formula is C17H25N5O. The van der Waals surface area contributed by atoms with Crippen LogP contribution < -0.4 is 15.4 Å². The third-order valence-corrected chi connectivity index (χ3v) is 3.29. The first kappa shape index (κ1) is 17.0. The second-order valence-corrected chi connectivity index (χ2v) is 5.66. The van der Waals surface area contributed by atoms with Crippen LogP contribution in [0.5, 0.6) is 5.75 Å². The van der Waals surface area contributed by atoms with Crippen LogP contribution in [-0.4, -0.2) is 49.2 Å². The minimum Gasteiger partial charge on any atom is -0.497 e. The average Bonchev–Trinajstić information content (AvgIpc) is 2.52. The van der Waals surface area contributed by atoms with Crippen molar-refractivity contribution in [1.82, 2.24) is 14.9 Å². The Balaban J connectivity index is 1.98. The van der Waals surface area contributed by atoms with E-state index < -0.39 is 0 Å². The van der Waals surface area contributed by atoms with Crippen molar-refractivity contribution in [2.75, 3.05) is 44.9 Å². The van der Waals surface area contributed by atoms with E-state index in [0.29, 0.717) is 5.95 Å². The highest BCUT2D eigenvalue weighted by Gasteiger charge is 2.03. The molecule has 0 unspecified atom stereocenters. The van der Waals surface area contributed by atoms with Gasteiger partial charge in [0.25, 0.3) is 0 Å². The molecule has 23 heavy (non-hydrogen) atoms. The van der Waals surface area contributed by atoms with Gasteiger partial charge >= 0.3 is 0 Å². The number of ether oxygens (including phenoxy) is 1. The summed E-state index contributed by atoms with van der Waals surface area (Å²) >= 11 is 0. The van der Waals surface area contributed by atoms with Crippen molar-refractivity contribution in [3.63, 3.8) is 0 Å². The number of nitrogens with one attached hydrogen (secondary N) is 2. The van der Waals surface area contributed by atoms with Gasteiger partial charge in [-0.1, -0.05) is 0 Å². The Morgan fingerprint density at radius 1 is 1.13 bits per heavy atom. The van der Waals surface area contributed by atoms with Gasteiger partial charge in [0, 0.05) is 24.0 Å². The molecule has 0 atom stereocenters. The first-order chi connectivity index (χ1) is 11.1. The quantitative estimate of drug-likeness (QED) is 0.730. The highest BCUT2D eigenvalue weighted by atomic mass is 16.5. The molecular weight excluding hydrogens is 290 g/mol. The summed E-state index contributed by atoms with van der Waals surface area (Å²) in [4.78, 5) is 11.1. The summed E-state index contributed by atoms with van der Waals surface area (Å²) in [5, 5.41) is 6.57. The SMILES string of the molecule is COc1ccc(Nc2nc(C)cc(NCCCN(C)C)n2)cc1. The third kappa shape index (κ3) is 5.75. The van der Waals surface area contributed by atoms with Crippen molar-refractivity contribution in [3.05, 3.63) is 36.0 Å². The van der Waals surface area contributed by atoms with Gasteiger partial charge in [-0.2, -0.15) is 4.98 Å². The van der Waals surface area contributed by atoms with Gasteiger partial charge in [0.1, 0.15) is 11.6 Å². The molecule has 0 radical (unpaired) electrons. The molecule has 2 rings (SSSR count). The van der Waals surface area contributed by atoms with Gasteiger partial charge in [-0.05, 0) is 58.3 Å². The second-order valence-electron chi connectivity index (χ2n) is 5.66. The molecule has 124 valence electrons. The van der Waals surface area contributed by atoms with E-state index in [4.69, 9.17) is 4.74 Å². The normalized spacial score (nSPS) is 10.7. The topological polar surface area (TPSA) is 62.3 Å². The minimum absolute atomic E-state index is 0.588. The minimum atomic E-state index is 0.588. The summed E-state index contributed by atoms with van der Waals surface area (Å²) < 4.78 is 5.16. The van der Waals surface area contributed by atoms with Crippen molar-refractivity contribution >= 4 is 17.5 Å². The lowest BCUT2D eigenvalue weighted by atomic mass is 10.3. The Labute approximate surface area is 137 Å². The smallest absolute Gasteiger partial charge is 0.229 e. The van der Waals surface area contributed by atoms with Crippen LogP contribution in [0.15, 0.2) is 30.3 Å². The number of methoxy groups -OCH3 is 1. The molecule has 0 saturated carbocycles. The van der Waals surface area contributed by atoms with E-state index in [1.54, 1.807) is 7.11 Å².